The quantitative estimate of drug-likeness (QED) is 0.514. The number of rotatable bonds is 5. The Balaban J connectivity index is 1.45. The van der Waals surface area contributed by atoms with Gasteiger partial charge in [0.05, 0.1) is 11.3 Å². The molecule has 6 nitrogen and oxygen atoms in total. The molecule has 25 heavy (non-hydrogen) atoms. The van der Waals surface area contributed by atoms with Gasteiger partial charge >= 0.3 is 0 Å². The Morgan fingerprint density at radius 3 is 2.64 bits per heavy atom. The summed E-state index contributed by atoms with van der Waals surface area (Å²) in [6.45, 7) is 0. The number of fused-ring (bicyclic) bond motifs is 1. The van der Waals surface area contributed by atoms with Crippen molar-refractivity contribution in [3.63, 3.8) is 0 Å². The van der Waals surface area contributed by atoms with Crippen LogP contribution < -0.4 is 11.1 Å². The van der Waals surface area contributed by atoms with Gasteiger partial charge in [-0.2, -0.15) is 0 Å². The van der Waals surface area contributed by atoms with E-state index in [1.807, 2.05) is 54.6 Å². The molecule has 2 aromatic heterocycles. The Morgan fingerprint density at radius 2 is 1.76 bits per heavy atom. The van der Waals surface area contributed by atoms with Gasteiger partial charge in [0, 0.05) is 11.1 Å². The van der Waals surface area contributed by atoms with Crippen molar-refractivity contribution < 1.29 is 0 Å². The number of nitrogens with one attached hydrogen (secondary N) is 1. The first kappa shape index (κ1) is 15.8. The van der Waals surface area contributed by atoms with Gasteiger partial charge in [0.1, 0.15) is 11.6 Å². The standard InChI is InChI=1S/C17H14N6S2/c18-15-12-8-4-5-9-13(12)20-14(21-15)10-24-17-23-22-16(25-17)19-11-6-2-1-3-7-11/h1-9H,10H2,(H,19,22)(H2,18,20,21). The summed E-state index contributed by atoms with van der Waals surface area (Å²) in [6.07, 6.45) is 0. The third kappa shape index (κ3) is 3.70. The second-order valence-electron chi connectivity index (χ2n) is 5.20. The molecule has 0 atom stereocenters. The highest BCUT2D eigenvalue weighted by molar-refractivity contribution is 8.00. The summed E-state index contributed by atoms with van der Waals surface area (Å²) in [6, 6.07) is 17.6. The monoisotopic (exact) mass is 366 g/mol. The highest BCUT2D eigenvalue weighted by Gasteiger charge is 2.09. The molecule has 3 N–H and O–H groups in total. The fourth-order valence-electron chi connectivity index (χ4n) is 2.31. The zero-order valence-electron chi connectivity index (χ0n) is 13.1. The molecule has 2 heterocycles. The van der Waals surface area contributed by atoms with Crippen LogP contribution in [0, 0.1) is 0 Å². The number of hydrogen-bond acceptors (Lipinski definition) is 8. The lowest BCUT2D eigenvalue weighted by Gasteiger charge is -2.04. The van der Waals surface area contributed by atoms with E-state index in [-0.39, 0.29) is 0 Å². The third-order valence-electron chi connectivity index (χ3n) is 3.44. The summed E-state index contributed by atoms with van der Waals surface area (Å²) in [5.41, 5.74) is 7.86. The van der Waals surface area contributed by atoms with Crippen molar-refractivity contribution in [2.45, 2.75) is 10.1 Å². The van der Waals surface area contributed by atoms with E-state index in [1.54, 1.807) is 11.8 Å². The van der Waals surface area contributed by atoms with Crippen molar-refractivity contribution in [1.82, 2.24) is 20.2 Å². The lowest BCUT2D eigenvalue weighted by atomic mass is 10.2. The molecule has 0 amide bonds. The van der Waals surface area contributed by atoms with Crippen LogP contribution in [-0.4, -0.2) is 20.2 Å². The van der Waals surface area contributed by atoms with Crippen LogP contribution in [0.25, 0.3) is 10.9 Å². The van der Waals surface area contributed by atoms with E-state index >= 15 is 0 Å². The van der Waals surface area contributed by atoms with Gasteiger partial charge in [-0.1, -0.05) is 53.4 Å². The number of para-hydroxylation sites is 2. The maximum atomic E-state index is 6.02. The van der Waals surface area contributed by atoms with Crippen LogP contribution in [0.1, 0.15) is 5.82 Å². The summed E-state index contributed by atoms with van der Waals surface area (Å²) in [5.74, 6) is 1.79. The van der Waals surface area contributed by atoms with Crippen LogP contribution in [0.5, 0.6) is 0 Å². The van der Waals surface area contributed by atoms with E-state index < -0.39 is 0 Å². The first-order valence-electron chi connectivity index (χ1n) is 7.57. The number of benzene rings is 2. The predicted molar refractivity (Wildman–Crippen MR) is 103 cm³/mol. The molecule has 2 aromatic carbocycles. The Hall–Kier alpha value is -2.71. The zero-order valence-corrected chi connectivity index (χ0v) is 14.7. The van der Waals surface area contributed by atoms with Gasteiger partial charge in [-0.05, 0) is 24.3 Å². The molecule has 0 aliphatic rings. The van der Waals surface area contributed by atoms with Crippen LogP contribution >= 0.6 is 23.1 Å². The molecule has 0 bridgehead atoms. The molecule has 124 valence electrons. The Labute approximate surface area is 152 Å². The van der Waals surface area contributed by atoms with Gasteiger partial charge in [-0.3, -0.25) is 0 Å². The normalized spacial score (nSPS) is 10.9. The molecular weight excluding hydrogens is 352 g/mol. The molecule has 4 aromatic rings. The minimum Gasteiger partial charge on any atom is -0.383 e. The highest BCUT2D eigenvalue weighted by Crippen LogP contribution is 2.29. The summed E-state index contributed by atoms with van der Waals surface area (Å²) < 4.78 is 0.855. The molecular formula is C17H14N6S2. The largest absolute Gasteiger partial charge is 0.383 e. The van der Waals surface area contributed by atoms with E-state index in [4.69, 9.17) is 5.73 Å². The van der Waals surface area contributed by atoms with Gasteiger partial charge in [0.2, 0.25) is 5.13 Å². The zero-order chi connectivity index (χ0) is 17.1. The fourth-order valence-corrected chi connectivity index (χ4v) is 3.93. The minimum atomic E-state index is 0.505. The van der Waals surface area contributed by atoms with E-state index in [2.05, 4.69) is 25.5 Å². The van der Waals surface area contributed by atoms with Gasteiger partial charge in [-0.15, -0.1) is 10.2 Å². The number of aromatic nitrogens is 4. The van der Waals surface area contributed by atoms with E-state index in [9.17, 15) is 0 Å². The van der Waals surface area contributed by atoms with Crippen molar-refractivity contribution in [2.75, 3.05) is 11.1 Å². The van der Waals surface area contributed by atoms with Gasteiger partial charge in [-0.25, -0.2) is 9.97 Å². The second kappa shape index (κ2) is 7.04. The maximum absolute atomic E-state index is 6.02. The third-order valence-corrected chi connectivity index (χ3v) is 5.40. The molecule has 0 radical (unpaired) electrons. The molecule has 0 aliphatic carbocycles. The van der Waals surface area contributed by atoms with E-state index in [1.165, 1.54) is 11.3 Å². The van der Waals surface area contributed by atoms with Crippen LogP contribution in [0.3, 0.4) is 0 Å². The summed E-state index contributed by atoms with van der Waals surface area (Å²) in [7, 11) is 0. The Bertz CT molecular complexity index is 1000. The maximum Gasteiger partial charge on any atom is 0.210 e. The fraction of sp³-hybridized carbons (Fsp3) is 0.0588. The number of nitrogen functional groups attached to an aromatic ring is 1. The number of nitrogens with zero attached hydrogens (tertiary/aromatic N) is 4. The summed E-state index contributed by atoms with van der Waals surface area (Å²) >= 11 is 3.04. The number of anilines is 3. The average molecular weight is 366 g/mol. The van der Waals surface area contributed by atoms with Crippen molar-refractivity contribution >= 4 is 50.6 Å². The van der Waals surface area contributed by atoms with Crippen molar-refractivity contribution in [3.05, 3.63) is 60.4 Å². The first-order chi connectivity index (χ1) is 12.3. The van der Waals surface area contributed by atoms with Crippen molar-refractivity contribution in [3.8, 4) is 0 Å². The highest BCUT2D eigenvalue weighted by atomic mass is 32.2. The van der Waals surface area contributed by atoms with Crippen LogP contribution in [0.2, 0.25) is 0 Å². The summed E-state index contributed by atoms with van der Waals surface area (Å²) in [4.78, 5) is 8.93. The van der Waals surface area contributed by atoms with Gasteiger partial charge < -0.3 is 11.1 Å². The number of thioether (sulfide) groups is 1. The molecule has 0 spiro atoms. The van der Waals surface area contributed by atoms with Gasteiger partial charge in [0.25, 0.3) is 0 Å². The molecule has 4 rings (SSSR count). The number of nitrogens with two attached hydrogens (primary N) is 1. The second-order valence-corrected chi connectivity index (χ2v) is 7.40. The van der Waals surface area contributed by atoms with Crippen molar-refractivity contribution in [2.24, 2.45) is 0 Å². The first-order valence-corrected chi connectivity index (χ1v) is 9.38. The lowest BCUT2D eigenvalue weighted by Crippen LogP contribution is -1.99. The predicted octanol–water partition coefficient (Wildman–Crippen LogP) is 4.10. The van der Waals surface area contributed by atoms with Gasteiger partial charge in [0.15, 0.2) is 4.34 Å². The van der Waals surface area contributed by atoms with Crippen LogP contribution in [0.15, 0.2) is 58.9 Å². The SMILES string of the molecule is Nc1nc(CSc2nnc(Nc3ccccc3)s2)nc2ccccc12. The Morgan fingerprint density at radius 1 is 0.960 bits per heavy atom. The average Bonchev–Trinajstić information content (AvgIpc) is 3.08. The smallest absolute Gasteiger partial charge is 0.210 e. The molecule has 0 saturated heterocycles. The van der Waals surface area contributed by atoms with Crippen LogP contribution in [0.4, 0.5) is 16.6 Å². The van der Waals surface area contributed by atoms with Crippen molar-refractivity contribution in [1.29, 1.82) is 0 Å². The number of hydrogen-bond donors (Lipinski definition) is 2. The topological polar surface area (TPSA) is 89.6 Å². The van der Waals surface area contributed by atoms with E-state index in [0.717, 1.165) is 26.1 Å². The lowest BCUT2D eigenvalue weighted by molar-refractivity contribution is 1.01. The molecule has 0 fully saturated rings. The summed E-state index contributed by atoms with van der Waals surface area (Å²) in [5, 5.41) is 13.2. The molecule has 8 heteroatoms. The van der Waals surface area contributed by atoms with Crippen LogP contribution in [-0.2, 0) is 5.75 Å². The minimum absolute atomic E-state index is 0.505. The molecule has 0 saturated carbocycles. The molecule has 0 aliphatic heterocycles. The Kier molecular flexibility index (Phi) is 4.45. The van der Waals surface area contributed by atoms with E-state index in [0.29, 0.717) is 17.4 Å². The molecule has 0 unspecified atom stereocenters.